The number of benzene rings is 1. The third kappa shape index (κ3) is 3.38. The van der Waals surface area contributed by atoms with E-state index in [0.29, 0.717) is 18.5 Å². The molecule has 0 heterocycles. The molecule has 0 fully saturated rings. The quantitative estimate of drug-likeness (QED) is 0.428. The number of rotatable bonds is 4. The summed E-state index contributed by atoms with van der Waals surface area (Å²) in [5, 5.41) is 0. The summed E-state index contributed by atoms with van der Waals surface area (Å²) in [6, 6.07) is 6.91. The lowest BCUT2D eigenvalue weighted by Gasteiger charge is -2.01. The summed E-state index contributed by atoms with van der Waals surface area (Å²) >= 11 is 0. The number of hydrogen-bond donors (Lipinski definition) is 0. The van der Waals surface area contributed by atoms with Gasteiger partial charge in [0.15, 0.2) is 0 Å². The summed E-state index contributed by atoms with van der Waals surface area (Å²) in [4.78, 5) is 21.5. The van der Waals surface area contributed by atoms with Crippen LogP contribution in [-0.2, 0) is 9.53 Å². The van der Waals surface area contributed by atoms with Gasteiger partial charge >= 0.3 is 5.97 Å². The van der Waals surface area contributed by atoms with E-state index in [4.69, 9.17) is 4.74 Å². The highest BCUT2D eigenvalue weighted by Gasteiger charge is 2.05. The molecular weight excluding hydrogens is 192 g/mol. The second-order valence-electron chi connectivity index (χ2n) is 2.84. The number of aldehydes is 1. The molecule has 1 rings (SSSR count). The number of esters is 1. The van der Waals surface area contributed by atoms with Crippen molar-refractivity contribution in [3.05, 3.63) is 41.5 Å². The van der Waals surface area contributed by atoms with E-state index in [1.54, 1.807) is 31.2 Å². The Bertz CT molecular complexity index is 380. The number of carbonyl (C=O) groups is 2. The van der Waals surface area contributed by atoms with Crippen molar-refractivity contribution in [1.29, 1.82) is 0 Å². The van der Waals surface area contributed by atoms with Crippen molar-refractivity contribution < 1.29 is 14.3 Å². The monoisotopic (exact) mass is 204 g/mol. The van der Waals surface area contributed by atoms with E-state index in [1.807, 2.05) is 6.07 Å². The molecule has 15 heavy (non-hydrogen) atoms. The molecule has 0 N–H and O–H groups in total. The summed E-state index contributed by atoms with van der Waals surface area (Å²) in [7, 11) is 0. The van der Waals surface area contributed by atoms with E-state index >= 15 is 0 Å². The number of ether oxygens (including phenoxy) is 1. The summed E-state index contributed by atoms with van der Waals surface area (Å²) in [5.74, 6) is -0.348. The van der Waals surface area contributed by atoms with Gasteiger partial charge in [-0.3, -0.25) is 4.79 Å². The predicted molar refractivity (Wildman–Crippen MR) is 57.5 cm³/mol. The van der Waals surface area contributed by atoms with Gasteiger partial charge < -0.3 is 4.74 Å². The minimum atomic E-state index is -0.348. The number of allylic oxidation sites excluding steroid dienone is 1. The van der Waals surface area contributed by atoms with Crippen molar-refractivity contribution in [3.8, 4) is 0 Å². The summed E-state index contributed by atoms with van der Waals surface area (Å²) < 4.78 is 4.85. The molecule has 0 amide bonds. The first kappa shape index (κ1) is 11.2. The van der Waals surface area contributed by atoms with E-state index in [-0.39, 0.29) is 5.97 Å². The molecule has 3 heteroatoms. The molecule has 0 bridgehead atoms. The largest absolute Gasteiger partial charge is 0.462 e. The van der Waals surface area contributed by atoms with Crippen molar-refractivity contribution in [2.45, 2.75) is 6.92 Å². The van der Waals surface area contributed by atoms with Crippen LogP contribution in [-0.4, -0.2) is 18.9 Å². The number of carbonyl (C=O) groups excluding carboxylic acids is 2. The van der Waals surface area contributed by atoms with Gasteiger partial charge in [0.1, 0.15) is 6.29 Å². The maximum atomic E-state index is 11.4. The smallest absolute Gasteiger partial charge is 0.338 e. The van der Waals surface area contributed by atoms with E-state index in [0.717, 1.165) is 5.56 Å². The van der Waals surface area contributed by atoms with Gasteiger partial charge in [0, 0.05) is 0 Å². The Hall–Kier alpha value is -1.90. The molecule has 78 valence electrons. The van der Waals surface area contributed by atoms with E-state index in [2.05, 4.69) is 0 Å². The molecule has 0 aromatic heterocycles. The zero-order valence-electron chi connectivity index (χ0n) is 8.47. The van der Waals surface area contributed by atoms with Crippen LogP contribution >= 0.6 is 0 Å². The highest BCUT2D eigenvalue weighted by molar-refractivity contribution is 5.90. The SMILES string of the molecule is CCOC(=O)c1cccc(C=CC=O)c1. The molecule has 0 aliphatic heterocycles. The minimum Gasteiger partial charge on any atom is -0.462 e. The van der Waals surface area contributed by atoms with Crippen LogP contribution in [0.1, 0.15) is 22.8 Å². The Labute approximate surface area is 88.4 Å². The molecule has 0 spiro atoms. The van der Waals surface area contributed by atoms with Gasteiger partial charge in [0.25, 0.3) is 0 Å². The van der Waals surface area contributed by atoms with Gasteiger partial charge in [-0.05, 0) is 30.7 Å². The van der Waals surface area contributed by atoms with Crippen LogP contribution in [0.4, 0.5) is 0 Å². The Balaban J connectivity index is 2.86. The second kappa shape index (κ2) is 5.75. The lowest BCUT2D eigenvalue weighted by atomic mass is 10.1. The van der Waals surface area contributed by atoms with Crippen molar-refractivity contribution in [2.75, 3.05) is 6.61 Å². The molecule has 0 saturated carbocycles. The van der Waals surface area contributed by atoms with Crippen molar-refractivity contribution in [2.24, 2.45) is 0 Å². The maximum Gasteiger partial charge on any atom is 0.338 e. The molecule has 0 aliphatic carbocycles. The fourth-order valence-electron chi connectivity index (χ4n) is 1.13. The van der Waals surface area contributed by atoms with E-state index in [9.17, 15) is 9.59 Å². The standard InChI is InChI=1S/C12H12O3/c1-2-15-12(14)11-7-3-5-10(9-11)6-4-8-13/h3-9H,2H2,1H3. The molecule has 0 radical (unpaired) electrons. The zero-order valence-corrected chi connectivity index (χ0v) is 8.47. The maximum absolute atomic E-state index is 11.4. The lowest BCUT2D eigenvalue weighted by Crippen LogP contribution is -2.04. The average Bonchev–Trinajstić information content (AvgIpc) is 2.27. The van der Waals surface area contributed by atoms with Crippen molar-refractivity contribution >= 4 is 18.3 Å². The first-order valence-corrected chi connectivity index (χ1v) is 4.67. The molecular formula is C12H12O3. The van der Waals surface area contributed by atoms with Gasteiger partial charge in [-0.25, -0.2) is 4.79 Å². The number of hydrogen-bond acceptors (Lipinski definition) is 3. The molecule has 1 aromatic rings. The van der Waals surface area contributed by atoms with Crippen LogP contribution < -0.4 is 0 Å². The minimum absolute atomic E-state index is 0.348. The van der Waals surface area contributed by atoms with Gasteiger partial charge in [-0.1, -0.05) is 18.2 Å². The van der Waals surface area contributed by atoms with Crippen LogP contribution in [0, 0.1) is 0 Å². The Kier molecular flexibility index (Phi) is 4.29. The predicted octanol–water partition coefficient (Wildman–Crippen LogP) is 2.08. The summed E-state index contributed by atoms with van der Waals surface area (Å²) in [5.41, 5.74) is 1.29. The molecule has 3 nitrogen and oxygen atoms in total. The lowest BCUT2D eigenvalue weighted by molar-refractivity contribution is -0.104. The van der Waals surface area contributed by atoms with Gasteiger partial charge in [0.05, 0.1) is 12.2 Å². The van der Waals surface area contributed by atoms with Crippen LogP contribution in [0.15, 0.2) is 30.3 Å². The van der Waals surface area contributed by atoms with Crippen LogP contribution in [0.25, 0.3) is 6.08 Å². The Morgan fingerprint density at radius 2 is 2.27 bits per heavy atom. The summed E-state index contributed by atoms with van der Waals surface area (Å²) in [6.07, 6.45) is 3.71. The molecule has 0 atom stereocenters. The fraction of sp³-hybridized carbons (Fsp3) is 0.167. The third-order valence-electron chi connectivity index (χ3n) is 1.77. The third-order valence-corrected chi connectivity index (χ3v) is 1.77. The highest BCUT2D eigenvalue weighted by Crippen LogP contribution is 2.08. The Morgan fingerprint density at radius 1 is 1.47 bits per heavy atom. The highest BCUT2D eigenvalue weighted by atomic mass is 16.5. The summed E-state index contributed by atoms with van der Waals surface area (Å²) in [6.45, 7) is 2.11. The van der Waals surface area contributed by atoms with Crippen LogP contribution in [0.2, 0.25) is 0 Å². The van der Waals surface area contributed by atoms with Crippen LogP contribution in [0.5, 0.6) is 0 Å². The van der Waals surface area contributed by atoms with Crippen molar-refractivity contribution in [1.82, 2.24) is 0 Å². The molecule has 0 saturated heterocycles. The Morgan fingerprint density at radius 3 is 2.93 bits per heavy atom. The van der Waals surface area contributed by atoms with E-state index in [1.165, 1.54) is 6.08 Å². The van der Waals surface area contributed by atoms with Crippen molar-refractivity contribution in [3.63, 3.8) is 0 Å². The van der Waals surface area contributed by atoms with E-state index < -0.39 is 0 Å². The van der Waals surface area contributed by atoms with Gasteiger partial charge in [0.2, 0.25) is 0 Å². The fourth-order valence-corrected chi connectivity index (χ4v) is 1.13. The average molecular weight is 204 g/mol. The van der Waals surface area contributed by atoms with Gasteiger partial charge in [-0.15, -0.1) is 0 Å². The van der Waals surface area contributed by atoms with Gasteiger partial charge in [-0.2, -0.15) is 0 Å². The van der Waals surface area contributed by atoms with Crippen LogP contribution in [0.3, 0.4) is 0 Å². The molecule has 1 aromatic carbocycles. The zero-order chi connectivity index (χ0) is 11.1. The first-order chi connectivity index (χ1) is 7.27. The topological polar surface area (TPSA) is 43.4 Å². The normalized spacial score (nSPS) is 10.2. The second-order valence-corrected chi connectivity index (χ2v) is 2.84. The molecule has 0 aliphatic rings. The molecule has 0 unspecified atom stereocenters. The first-order valence-electron chi connectivity index (χ1n) is 4.67.